The molecule has 2 amide bonds. The number of carbonyl (C=O) groups excluding carboxylic acids is 2. The van der Waals surface area contributed by atoms with Crippen molar-refractivity contribution in [2.45, 2.75) is 51.1 Å². The second-order valence-electron chi connectivity index (χ2n) is 8.86. The van der Waals surface area contributed by atoms with Crippen molar-refractivity contribution in [1.82, 2.24) is 10.2 Å². The Morgan fingerprint density at radius 3 is 2.38 bits per heavy atom. The van der Waals surface area contributed by atoms with Crippen molar-refractivity contribution in [1.29, 1.82) is 0 Å². The Hall–Kier alpha value is -2.35. The van der Waals surface area contributed by atoms with E-state index in [1.165, 1.54) is 17.8 Å². The molecule has 3 aromatic rings. The summed E-state index contributed by atoms with van der Waals surface area (Å²) in [7, 11) is 0. The summed E-state index contributed by atoms with van der Waals surface area (Å²) < 4.78 is 15.2. The zero-order valence-corrected chi connectivity index (χ0v) is 24.1. The van der Waals surface area contributed by atoms with Crippen LogP contribution in [0.5, 0.6) is 0 Å². The lowest BCUT2D eigenvalue weighted by atomic mass is 10.0. The van der Waals surface area contributed by atoms with Crippen molar-refractivity contribution >= 4 is 51.1 Å². The largest absolute Gasteiger partial charge is 0.352 e. The Morgan fingerprint density at radius 1 is 1.03 bits per heavy atom. The number of hydrogen-bond donors (Lipinski definition) is 1. The summed E-state index contributed by atoms with van der Waals surface area (Å²) in [4.78, 5) is 28.8. The van der Waals surface area contributed by atoms with Gasteiger partial charge in [0.2, 0.25) is 11.8 Å². The van der Waals surface area contributed by atoms with Gasteiger partial charge in [-0.05, 0) is 48.7 Å². The minimum absolute atomic E-state index is 0.0204. The van der Waals surface area contributed by atoms with Gasteiger partial charge in [0.05, 0.1) is 5.75 Å². The van der Waals surface area contributed by atoms with Crippen LogP contribution in [0.1, 0.15) is 37.0 Å². The first-order chi connectivity index (χ1) is 17.8. The minimum atomic E-state index is -0.704. The maximum Gasteiger partial charge on any atom is 0.243 e. The number of amides is 2. The minimum Gasteiger partial charge on any atom is -0.352 e. The molecular formula is C29H31BrClFN2O2S. The maximum absolute atomic E-state index is 14.2. The van der Waals surface area contributed by atoms with Crippen LogP contribution < -0.4 is 5.32 Å². The van der Waals surface area contributed by atoms with E-state index in [-0.39, 0.29) is 35.9 Å². The fourth-order valence-electron chi connectivity index (χ4n) is 3.78. The maximum atomic E-state index is 14.2. The van der Waals surface area contributed by atoms with Crippen molar-refractivity contribution in [3.63, 3.8) is 0 Å². The summed E-state index contributed by atoms with van der Waals surface area (Å²) in [5, 5.41) is 3.40. The molecule has 0 aromatic heterocycles. The standard InChI is InChI=1S/C29H31BrClFN2O2S/c1-3-20(2)33-29(36)27(16-21-8-5-4-6-9-21)34(17-22-12-14-23(30)15-13-22)28(35)19-37-18-24-25(31)10-7-11-26(24)32/h4-15,20,27H,3,16-19H2,1-2H3,(H,33,36)/t20-,27+/m1/s1. The highest BCUT2D eigenvalue weighted by Gasteiger charge is 2.31. The van der Waals surface area contributed by atoms with Crippen LogP contribution in [-0.4, -0.2) is 34.6 Å². The van der Waals surface area contributed by atoms with Crippen LogP contribution in [0.15, 0.2) is 77.3 Å². The van der Waals surface area contributed by atoms with E-state index < -0.39 is 11.9 Å². The van der Waals surface area contributed by atoms with Gasteiger partial charge in [-0.1, -0.05) is 83.0 Å². The Kier molecular flexibility index (Phi) is 11.5. The van der Waals surface area contributed by atoms with Crippen molar-refractivity contribution in [3.8, 4) is 0 Å². The molecule has 0 radical (unpaired) electrons. The molecule has 0 aliphatic carbocycles. The highest BCUT2D eigenvalue weighted by atomic mass is 79.9. The third kappa shape index (κ3) is 8.87. The van der Waals surface area contributed by atoms with E-state index in [1.54, 1.807) is 17.0 Å². The summed E-state index contributed by atoms with van der Waals surface area (Å²) in [5.41, 5.74) is 2.25. The van der Waals surface area contributed by atoms with E-state index in [9.17, 15) is 14.0 Å². The Morgan fingerprint density at radius 2 is 1.73 bits per heavy atom. The molecule has 0 aliphatic heterocycles. The van der Waals surface area contributed by atoms with E-state index in [4.69, 9.17) is 11.6 Å². The number of carbonyl (C=O) groups is 2. The third-order valence-electron chi connectivity index (χ3n) is 6.07. The summed E-state index contributed by atoms with van der Waals surface area (Å²) in [6.07, 6.45) is 1.17. The molecule has 0 unspecified atom stereocenters. The molecule has 1 N–H and O–H groups in total. The molecule has 37 heavy (non-hydrogen) atoms. The van der Waals surface area contributed by atoms with E-state index in [1.807, 2.05) is 68.4 Å². The SMILES string of the molecule is CC[C@@H](C)NC(=O)[C@H](Cc1ccccc1)N(Cc1ccc(Br)cc1)C(=O)CSCc1c(F)cccc1Cl. The molecule has 3 aromatic carbocycles. The van der Waals surface area contributed by atoms with E-state index in [2.05, 4.69) is 21.2 Å². The number of halogens is 3. The van der Waals surface area contributed by atoms with Gasteiger partial charge in [0.1, 0.15) is 11.9 Å². The first kappa shape index (κ1) is 29.2. The Balaban J connectivity index is 1.87. The normalized spacial score (nSPS) is 12.6. The van der Waals surface area contributed by atoms with Crippen LogP contribution in [0.4, 0.5) is 4.39 Å². The van der Waals surface area contributed by atoms with Crippen molar-refractivity contribution < 1.29 is 14.0 Å². The summed E-state index contributed by atoms with van der Waals surface area (Å²) in [6, 6.07) is 21.2. The molecule has 0 heterocycles. The van der Waals surface area contributed by atoms with Gasteiger partial charge < -0.3 is 10.2 Å². The summed E-state index contributed by atoms with van der Waals surface area (Å²) in [5.74, 6) is -0.435. The lowest BCUT2D eigenvalue weighted by Crippen LogP contribution is -2.52. The van der Waals surface area contributed by atoms with Crippen LogP contribution in [0.3, 0.4) is 0 Å². The number of nitrogens with one attached hydrogen (secondary N) is 1. The number of nitrogens with zero attached hydrogens (tertiary/aromatic N) is 1. The summed E-state index contributed by atoms with van der Waals surface area (Å²) >= 11 is 10.9. The van der Waals surface area contributed by atoms with Gasteiger partial charge in [0, 0.05) is 39.8 Å². The molecule has 0 saturated heterocycles. The molecule has 0 saturated carbocycles. The van der Waals surface area contributed by atoms with Gasteiger partial charge in [-0.2, -0.15) is 0 Å². The van der Waals surface area contributed by atoms with Crippen molar-refractivity contribution in [2.24, 2.45) is 0 Å². The number of thioether (sulfide) groups is 1. The fraction of sp³-hybridized carbons (Fsp3) is 0.310. The number of rotatable bonds is 12. The predicted octanol–water partition coefficient (Wildman–Crippen LogP) is 7.03. The molecule has 4 nitrogen and oxygen atoms in total. The zero-order chi connectivity index (χ0) is 26.8. The molecule has 2 atom stereocenters. The van der Waals surface area contributed by atoms with Gasteiger partial charge in [-0.15, -0.1) is 11.8 Å². The van der Waals surface area contributed by atoms with Crippen LogP contribution in [0.25, 0.3) is 0 Å². The zero-order valence-electron chi connectivity index (χ0n) is 20.9. The van der Waals surface area contributed by atoms with Crippen LogP contribution in [-0.2, 0) is 28.3 Å². The Bertz CT molecular complexity index is 1160. The number of benzene rings is 3. The van der Waals surface area contributed by atoms with Crippen LogP contribution >= 0.6 is 39.3 Å². The summed E-state index contributed by atoms with van der Waals surface area (Å²) in [6.45, 7) is 4.23. The lowest BCUT2D eigenvalue weighted by molar-refractivity contribution is -0.139. The topological polar surface area (TPSA) is 49.4 Å². The monoisotopic (exact) mass is 604 g/mol. The average Bonchev–Trinajstić information content (AvgIpc) is 2.89. The smallest absolute Gasteiger partial charge is 0.243 e. The molecule has 8 heteroatoms. The molecule has 0 bridgehead atoms. The van der Waals surface area contributed by atoms with Crippen molar-refractivity contribution in [2.75, 3.05) is 5.75 Å². The van der Waals surface area contributed by atoms with E-state index in [0.29, 0.717) is 17.0 Å². The van der Waals surface area contributed by atoms with Gasteiger partial charge in [-0.25, -0.2) is 4.39 Å². The van der Waals surface area contributed by atoms with Gasteiger partial charge in [-0.3, -0.25) is 9.59 Å². The number of hydrogen-bond acceptors (Lipinski definition) is 3. The predicted molar refractivity (Wildman–Crippen MR) is 154 cm³/mol. The van der Waals surface area contributed by atoms with Crippen molar-refractivity contribution in [3.05, 3.63) is 105 Å². The molecular weight excluding hydrogens is 575 g/mol. The second kappa shape index (κ2) is 14.6. The first-order valence-corrected chi connectivity index (χ1v) is 14.5. The third-order valence-corrected chi connectivity index (χ3v) is 7.90. The highest BCUT2D eigenvalue weighted by molar-refractivity contribution is 9.10. The van der Waals surface area contributed by atoms with E-state index >= 15 is 0 Å². The highest BCUT2D eigenvalue weighted by Crippen LogP contribution is 2.25. The molecule has 0 fully saturated rings. The molecule has 0 aliphatic rings. The molecule has 3 rings (SSSR count). The quantitative estimate of drug-likeness (QED) is 0.241. The molecule has 0 spiro atoms. The fourth-order valence-corrected chi connectivity index (χ4v) is 5.29. The Labute approximate surface area is 236 Å². The molecule has 196 valence electrons. The lowest BCUT2D eigenvalue weighted by Gasteiger charge is -2.32. The van der Waals surface area contributed by atoms with Crippen LogP contribution in [0, 0.1) is 5.82 Å². The van der Waals surface area contributed by atoms with Gasteiger partial charge in [0.15, 0.2) is 0 Å². The van der Waals surface area contributed by atoms with Gasteiger partial charge in [0.25, 0.3) is 0 Å². The average molecular weight is 606 g/mol. The van der Waals surface area contributed by atoms with Crippen LogP contribution in [0.2, 0.25) is 5.02 Å². The van der Waals surface area contributed by atoms with E-state index in [0.717, 1.165) is 22.0 Å². The second-order valence-corrected chi connectivity index (χ2v) is 11.2. The van der Waals surface area contributed by atoms with Gasteiger partial charge >= 0.3 is 0 Å². The first-order valence-electron chi connectivity index (χ1n) is 12.2.